The van der Waals surface area contributed by atoms with Gasteiger partial charge < -0.3 is 4.90 Å². The van der Waals surface area contributed by atoms with Crippen molar-refractivity contribution in [3.05, 3.63) is 34.7 Å². The van der Waals surface area contributed by atoms with Gasteiger partial charge in [0.2, 0.25) is 0 Å². The molecule has 0 aromatic heterocycles. The van der Waals surface area contributed by atoms with Gasteiger partial charge in [-0.05, 0) is 19.4 Å². The number of para-hydroxylation sites is 1. The molecule has 25 heavy (non-hydrogen) atoms. The largest absolute Gasteiger partial charge is 0.308 e. The maximum absolute atomic E-state index is 12.9. The second-order valence-corrected chi connectivity index (χ2v) is 7.80. The summed E-state index contributed by atoms with van der Waals surface area (Å²) in [6, 6.07) is 7.65. The van der Waals surface area contributed by atoms with Crippen molar-refractivity contribution >= 4 is 51.4 Å². The van der Waals surface area contributed by atoms with Crippen molar-refractivity contribution in [3.8, 4) is 0 Å². The van der Waals surface area contributed by atoms with Crippen LogP contribution in [0.2, 0.25) is 0 Å². The Morgan fingerprint density at radius 1 is 1.00 bits per heavy atom. The lowest BCUT2D eigenvalue weighted by Crippen LogP contribution is -2.30. The monoisotopic (exact) mass is 374 g/mol. The molecule has 0 spiro atoms. The number of unbranched alkanes of at least 4 members (excludes halogenated alkanes) is 3. The van der Waals surface area contributed by atoms with E-state index < -0.39 is 0 Å². The summed E-state index contributed by atoms with van der Waals surface area (Å²) in [4.78, 5) is 29.6. The van der Waals surface area contributed by atoms with Crippen LogP contribution in [0.4, 0.5) is 5.69 Å². The molecule has 6 heteroatoms. The van der Waals surface area contributed by atoms with Crippen LogP contribution in [0.25, 0.3) is 5.57 Å². The van der Waals surface area contributed by atoms with E-state index in [4.69, 9.17) is 12.2 Å². The number of thiocarbonyl (C=S) groups is 1. The maximum atomic E-state index is 12.9. The molecule has 1 fully saturated rings. The molecule has 2 amide bonds. The highest BCUT2D eigenvalue weighted by Gasteiger charge is 2.41. The standard InChI is InChI=1S/C19H22N2O2S2/c1-3-5-6-9-12-21-18(23)16(25-19(21)24)15-13-10-7-8-11-14(13)20(4-2)17(15)22/h7-8,10-11H,3-6,9,12H2,1-2H3. The minimum absolute atomic E-state index is 0.102. The smallest absolute Gasteiger partial charge is 0.267 e. The maximum Gasteiger partial charge on any atom is 0.267 e. The third-order valence-electron chi connectivity index (χ3n) is 4.55. The molecule has 0 saturated carbocycles. The Balaban J connectivity index is 1.92. The van der Waals surface area contributed by atoms with E-state index >= 15 is 0 Å². The van der Waals surface area contributed by atoms with Gasteiger partial charge in [0.05, 0.1) is 16.2 Å². The lowest BCUT2D eigenvalue weighted by molar-refractivity contribution is -0.122. The van der Waals surface area contributed by atoms with Gasteiger partial charge in [-0.1, -0.05) is 68.4 Å². The van der Waals surface area contributed by atoms with Crippen LogP contribution in [0.3, 0.4) is 0 Å². The first kappa shape index (κ1) is 18.1. The minimum atomic E-state index is -0.123. The summed E-state index contributed by atoms with van der Waals surface area (Å²) in [7, 11) is 0. The van der Waals surface area contributed by atoms with Crippen molar-refractivity contribution in [2.24, 2.45) is 0 Å². The number of thioether (sulfide) groups is 1. The van der Waals surface area contributed by atoms with Gasteiger partial charge in [0.1, 0.15) is 4.32 Å². The molecule has 0 atom stereocenters. The van der Waals surface area contributed by atoms with Gasteiger partial charge in [-0.25, -0.2) is 0 Å². The minimum Gasteiger partial charge on any atom is -0.308 e. The van der Waals surface area contributed by atoms with Crippen LogP contribution < -0.4 is 4.90 Å². The van der Waals surface area contributed by atoms with Crippen LogP contribution in [-0.4, -0.2) is 34.1 Å². The topological polar surface area (TPSA) is 40.6 Å². The number of carbonyl (C=O) groups excluding carboxylic acids is 2. The number of carbonyl (C=O) groups is 2. The number of fused-ring (bicyclic) bond motifs is 1. The zero-order valence-corrected chi connectivity index (χ0v) is 16.2. The molecule has 2 aliphatic rings. The average molecular weight is 375 g/mol. The number of hydrogen-bond donors (Lipinski definition) is 0. The molecular formula is C19H22N2O2S2. The molecule has 0 aliphatic carbocycles. The Morgan fingerprint density at radius 3 is 2.48 bits per heavy atom. The number of hydrogen-bond acceptors (Lipinski definition) is 4. The number of anilines is 1. The summed E-state index contributed by atoms with van der Waals surface area (Å²) in [5.74, 6) is -0.224. The van der Waals surface area contributed by atoms with E-state index in [-0.39, 0.29) is 11.8 Å². The van der Waals surface area contributed by atoms with Crippen molar-refractivity contribution in [1.82, 2.24) is 4.90 Å². The second kappa shape index (κ2) is 7.70. The first-order chi connectivity index (χ1) is 12.1. The molecule has 0 bridgehead atoms. The quantitative estimate of drug-likeness (QED) is 0.425. The van der Waals surface area contributed by atoms with Gasteiger partial charge in [0.15, 0.2) is 0 Å². The fourth-order valence-corrected chi connectivity index (χ4v) is 4.63. The van der Waals surface area contributed by atoms with Crippen LogP contribution in [0.15, 0.2) is 29.2 Å². The zero-order chi connectivity index (χ0) is 18.0. The van der Waals surface area contributed by atoms with Crippen LogP contribution in [0.1, 0.15) is 45.1 Å². The Labute approximate surface area is 158 Å². The van der Waals surface area contributed by atoms with Gasteiger partial charge in [0, 0.05) is 18.7 Å². The van der Waals surface area contributed by atoms with E-state index in [0.29, 0.717) is 27.9 Å². The highest BCUT2D eigenvalue weighted by molar-refractivity contribution is 8.26. The van der Waals surface area contributed by atoms with Crippen LogP contribution in [0, 0.1) is 0 Å². The predicted molar refractivity (Wildman–Crippen MR) is 107 cm³/mol. The fourth-order valence-electron chi connectivity index (χ4n) is 3.25. The summed E-state index contributed by atoms with van der Waals surface area (Å²) in [5.41, 5.74) is 2.21. The van der Waals surface area contributed by atoms with Crippen molar-refractivity contribution in [2.75, 3.05) is 18.0 Å². The van der Waals surface area contributed by atoms with Crippen molar-refractivity contribution < 1.29 is 9.59 Å². The summed E-state index contributed by atoms with van der Waals surface area (Å²) in [6.07, 6.45) is 4.34. The second-order valence-electron chi connectivity index (χ2n) is 6.16. The third kappa shape index (κ3) is 3.25. The van der Waals surface area contributed by atoms with E-state index in [1.165, 1.54) is 11.8 Å². The molecule has 132 valence electrons. The first-order valence-corrected chi connectivity index (χ1v) is 10.0. The van der Waals surface area contributed by atoms with Gasteiger partial charge in [-0.3, -0.25) is 14.5 Å². The first-order valence-electron chi connectivity index (χ1n) is 8.79. The molecule has 0 N–H and O–H groups in total. The van der Waals surface area contributed by atoms with E-state index in [9.17, 15) is 9.59 Å². The number of benzene rings is 1. The Kier molecular flexibility index (Phi) is 5.59. The molecule has 1 saturated heterocycles. The number of amides is 2. The molecule has 1 aromatic rings. The van der Waals surface area contributed by atoms with Crippen molar-refractivity contribution in [3.63, 3.8) is 0 Å². The van der Waals surface area contributed by atoms with Crippen molar-refractivity contribution in [2.45, 2.75) is 39.5 Å². The van der Waals surface area contributed by atoms with Crippen molar-refractivity contribution in [1.29, 1.82) is 0 Å². The van der Waals surface area contributed by atoms with E-state index in [0.717, 1.165) is 36.9 Å². The summed E-state index contributed by atoms with van der Waals surface area (Å²) >= 11 is 6.67. The van der Waals surface area contributed by atoms with Crippen LogP contribution >= 0.6 is 24.0 Å². The number of nitrogens with zero attached hydrogens (tertiary/aromatic N) is 2. The summed E-state index contributed by atoms with van der Waals surface area (Å²) < 4.78 is 0.559. The molecule has 3 rings (SSSR count). The van der Waals surface area contributed by atoms with Gasteiger partial charge in [-0.15, -0.1) is 0 Å². The molecule has 0 radical (unpaired) electrons. The number of likely N-dealkylation sites (N-methyl/N-ethyl adjacent to an activating group) is 1. The van der Waals surface area contributed by atoms with E-state index in [1.807, 2.05) is 31.2 Å². The number of rotatable bonds is 6. The average Bonchev–Trinajstić information content (AvgIpc) is 3.05. The normalized spacial score (nSPS) is 20.0. The molecule has 2 heterocycles. The lowest BCUT2D eigenvalue weighted by atomic mass is 10.1. The Morgan fingerprint density at radius 2 is 1.76 bits per heavy atom. The summed E-state index contributed by atoms with van der Waals surface area (Å²) in [5, 5.41) is 0. The van der Waals surface area contributed by atoms with Gasteiger partial charge in [-0.2, -0.15) is 0 Å². The highest BCUT2D eigenvalue weighted by Crippen LogP contribution is 2.44. The van der Waals surface area contributed by atoms with Crippen LogP contribution in [0.5, 0.6) is 0 Å². The van der Waals surface area contributed by atoms with Gasteiger partial charge >= 0.3 is 0 Å². The molecule has 4 nitrogen and oxygen atoms in total. The molecule has 2 aliphatic heterocycles. The third-order valence-corrected chi connectivity index (χ3v) is 6.00. The van der Waals surface area contributed by atoms with E-state index in [2.05, 4.69) is 6.92 Å². The fraction of sp³-hybridized carbons (Fsp3) is 0.421. The van der Waals surface area contributed by atoms with Crippen LogP contribution in [-0.2, 0) is 9.59 Å². The highest BCUT2D eigenvalue weighted by atomic mass is 32.2. The molecule has 1 aromatic carbocycles. The molecule has 0 unspecified atom stereocenters. The summed E-state index contributed by atoms with van der Waals surface area (Å²) in [6.45, 7) is 5.31. The lowest BCUT2D eigenvalue weighted by Gasteiger charge is -2.14. The van der Waals surface area contributed by atoms with E-state index in [1.54, 1.807) is 9.80 Å². The molecular weight excluding hydrogens is 352 g/mol. The Bertz CT molecular complexity index is 758. The SMILES string of the molecule is CCCCCCN1C(=O)C(=C2C(=O)N(CC)c3ccccc32)SC1=S. The Hall–Kier alpha value is -1.66. The zero-order valence-electron chi connectivity index (χ0n) is 14.6. The van der Waals surface area contributed by atoms with Gasteiger partial charge in [0.25, 0.3) is 11.8 Å². The predicted octanol–water partition coefficient (Wildman–Crippen LogP) is 4.20.